The summed E-state index contributed by atoms with van der Waals surface area (Å²) in [5.74, 6) is -1.10. The molecule has 0 aliphatic rings. The van der Waals surface area contributed by atoms with Gasteiger partial charge in [0.05, 0.1) is 10.6 Å². The molecule has 0 spiro atoms. The molecule has 0 fully saturated rings. The smallest absolute Gasteiger partial charge is 0.255 e. The predicted octanol–water partition coefficient (Wildman–Crippen LogP) is 2.75. The van der Waals surface area contributed by atoms with Gasteiger partial charge in [-0.3, -0.25) is 4.79 Å². The summed E-state index contributed by atoms with van der Waals surface area (Å²) in [4.78, 5) is 12.1. The quantitative estimate of drug-likeness (QED) is 0.847. The number of carbonyl (C=O) groups excluding carboxylic acids is 1. The Kier molecular flexibility index (Phi) is 4.94. The summed E-state index contributed by atoms with van der Waals surface area (Å²) in [6.45, 7) is 0. The SMILES string of the molecule is CNS(=O)(=O)c1ccc(C(=O)Nc2ccc(Br)cc2F)cc1. The van der Waals surface area contributed by atoms with Crippen molar-refractivity contribution in [3.8, 4) is 0 Å². The lowest BCUT2D eigenvalue weighted by molar-refractivity contribution is 0.102. The van der Waals surface area contributed by atoms with Crippen LogP contribution in [0.1, 0.15) is 10.4 Å². The minimum absolute atomic E-state index is 0.0418. The predicted molar refractivity (Wildman–Crippen MR) is 84.7 cm³/mol. The number of hydrogen-bond acceptors (Lipinski definition) is 3. The third-order valence-corrected chi connectivity index (χ3v) is 4.80. The van der Waals surface area contributed by atoms with Crippen LogP contribution in [-0.4, -0.2) is 21.4 Å². The van der Waals surface area contributed by atoms with Gasteiger partial charge in [-0.2, -0.15) is 0 Å². The van der Waals surface area contributed by atoms with Crippen LogP contribution in [0.5, 0.6) is 0 Å². The molecule has 0 unspecified atom stereocenters. The highest BCUT2D eigenvalue weighted by Crippen LogP contribution is 2.20. The largest absolute Gasteiger partial charge is 0.319 e. The van der Waals surface area contributed by atoms with E-state index < -0.39 is 21.7 Å². The molecule has 0 aromatic heterocycles. The first-order valence-electron chi connectivity index (χ1n) is 6.13. The first kappa shape index (κ1) is 16.6. The molecular weight excluding hydrogens is 375 g/mol. The van der Waals surface area contributed by atoms with E-state index in [0.717, 1.165) is 0 Å². The molecule has 0 saturated heterocycles. The highest BCUT2D eigenvalue weighted by molar-refractivity contribution is 9.10. The van der Waals surface area contributed by atoms with E-state index in [1.54, 1.807) is 6.07 Å². The normalized spacial score (nSPS) is 11.2. The second kappa shape index (κ2) is 6.55. The summed E-state index contributed by atoms with van der Waals surface area (Å²) in [5.41, 5.74) is 0.262. The van der Waals surface area contributed by atoms with Crippen molar-refractivity contribution in [1.82, 2.24) is 4.72 Å². The molecule has 116 valence electrons. The maximum atomic E-state index is 13.7. The van der Waals surface area contributed by atoms with Crippen LogP contribution in [0.4, 0.5) is 10.1 Å². The standard InChI is InChI=1S/C14H12BrFN2O3S/c1-17-22(20,21)11-5-2-9(3-6-11)14(19)18-13-7-4-10(15)8-12(13)16/h2-8,17H,1H3,(H,18,19). The number of hydrogen-bond donors (Lipinski definition) is 2. The topological polar surface area (TPSA) is 75.3 Å². The van der Waals surface area contributed by atoms with Crippen LogP contribution >= 0.6 is 15.9 Å². The molecule has 2 rings (SSSR count). The average Bonchev–Trinajstić information content (AvgIpc) is 2.50. The van der Waals surface area contributed by atoms with Gasteiger partial charge in [-0.25, -0.2) is 17.5 Å². The number of amides is 1. The Balaban J connectivity index is 2.20. The number of carbonyl (C=O) groups is 1. The molecule has 0 radical (unpaired) electrons. The van der Waals surface area contributed by atoms with Crippen LogP contribution in [-0.2, 0) is 10.0 Å². The lowest BCUT2D eigenvalue weighted by Crippen LogP contribution is -2.19. The molecule has 0 aliphatic heterocycles. The van der Waals surface area contributed by atoms with E-state index in [1.807, 2.05) is 0 Å². The van der Waals surface area contributed by atoms with Crippen molar-refractivity contribution in [2.75, 3.05) is 12.4 Å². The van der Waals surface area contributed by atoms with Gasteiger partial charge in [-0.15, -0.1) is 0 Å². The zero-order chi connectivity index (χ0) is 16.3. The minimum Gasteiger partial charge on any atom is -0.319 e. The maximum absolute atomic E-state index is 13.7. The first-order chi connectivity index (χ1) is 10.3. The van der Waals surface area contributed by atoms with E-state index in [4.69, 9.17) is 0 Å². The molecule has 0 aliphatic carbocycles. The van der Waals surface area contributed by atoms with E-state index in [9.17, 15) is 17.6 Å². The van der Waals surface area contributed by atoms with Crippen LogP contribution in [0.15, 0.2) is 51.8 Å². The first-order valence-corrected chi connectivity index (χ1v) is 8.41. The highest BCUT2D eigenvalue weighted by atomic mass is 79.9. The molecule has 2 aromatic rings. The van der Waals surface area contributed by atoms with Gasteiger partial charge in [0.1, 0.15) is 5.82 Å². The second-order valence-corrected chi connectivity index (χ2v) is 7.11. The zero-order valence-electron chi connectivity index (χ0n) is 11.4. The fourth-order valence-electron chi connectivity index (χ4n) is 1.69. The Morgan fingerprint density at radius 2 is 1.77 bits per heavy atom. The van der Waals surface area contributed by atoms with Crippen molar-refractivity contribution in [1.29, 1.82) is 0 Å². The number of sulfonamides is 1. The van der Waals surface area contributed by atoms with Crippen molar-refractivity contribution in [3.63, 3.8) is 0 Å². The Bertz CT molecular complexity index is 807. The lowest BCUT2D eigenvalue weighted by Gasteiger charge is -2.08. The summed E-state index contributed by atoms with van der Waals surface area (Å²) in [5, 5.41) is 2.43. The molecule has 0 saturated carbocycles. The number of benzene rings is 2. The molecule has 0 heterocycles. The Morgan fingerprint density at radius 1 is 1.14 bits per heavy atom. The van der Waals surface area contributed by atoms with Crippen LogP contribution in [0.2, 0.25) is 0 Å². The molecule has 0 atom stereocenters. The summed E-state index contributed by atoms with van der Waals surface area (Å²) in [7, 11) is -2.26. The van der Waals surface area contributed by atoms with Crippen molar-refractivity contribution < 1.29 is 17.6 Å². The van der Waals surface area contributed by atoms with Crippen LogP contribution in [0, 0.1) is 5.82 Å². The summed E-state index contributed by atoms with van der Waals surface area (Å²) >= 11 is 3.13. The molecular formula is C14H12BrFN2O3S. The molecule has 2 N–H and O–H groups in total. The molecule has 8 heteroatoms. The van der Waals surface area contributed by atoms with Gasteiger partial charge in [-0.05, 0) is 49.5 Å². The molecule has 1 amide bonds. The molecule has 5 nitrogen and oxygen atoms in total. The Hall–Kier alpha value is -1.77. The third kappa shape index (κ3) is 3.70. The Labute approximate surface area is 135 Å². The zero-order valence-corrected chi connectivity index (χ0v) is 13.8. The molecule has 0 bridgehead atoms. The third-order valence-electron chi connectivity index (χ3n) is 2.87. The summed E-state index contributed by atoms with van der Waals surface area (Å²) in [6, 6.07) is 9.58. The van der Waals surface area contributed by atoms with Crippen LogP contribution in [0.25, 0.3) is 0 Å². The van der Waals surface area contributed by atoms with Crippen molar-refractivity contribution in [2.24, 2.45) is 0 Å². The van der Waals surface area contributed by atoms with Crippen molar-refractivity contribution >= 4 is 37.5 Å². The minimum atomic E-state index is -3.56. The maximum Gasteiger partial charge on any atom is 0.255 e. The van der Waals surface area contributed by atoms with E-state index in [1.165, 1.54) is 43.4 Å². The number of halogens is 2. The fraction of sp³-hybridized carbons (Fsp3) is 0.0714. The molecule has 2 aromatic carbocycles. The van der Waals surface area contributed by atoms with Gasteiger partial charge in [0.2, 0.25) is 10.0 Å². The van der Waals surface area contributed by atoms with Gasteiger partial charge in [0.15, 0.2) is 0 Å². The second-order valence-electron chi connectivity index (χ2n) is 4.31. The summed E-state index contributed by atoms with van der Waals surface area (Å²) < 4.78 is 39.6. The van der Waals surface area contributed by atoms with Gasteiger partial charge >= 0.3 is 0 Å². The summed E-state index contributed by atoms with van der Waals surface area (Å²) in [6.07, 6.45) is 0. The van der Waals surface area contributed by atoms with Gasteiger partial charge in [0, 0.05) is 10.0 Å². The van der Waals surface area contributed by atoms with Gasteiger partial charge < -0.3 is 5.32 Å². The molecule has 22 heavy (non-hydrogen) atoms. The Morgan fingerprint density at radius 3 is 2.32 bits per heavy atom. The van der Waals surface area contributed by atoms with E-state index in [-0.39, 0.29) is 16.1 Å². The van der Waals surface area contributed by atoms with E-state index in [2.05, 4.69) is 26.0 Å². The lowest BCUT2D eigenvalue weighted by atomic mass is 10.2. The van der Waals surface area contributed by atoms with E-state index >= 15 is 0 Å². The number of anilines is 1. The van der Waals surface area contributed by atoms with Crippen molar-refractivity contribution in [3.05, 3.63) is 58.3 Å². The van der Waals surface area contributed by atoms with Crippen LogP contribution in [0.3, 0.4) is 0 Å². The number of rotatable bonds is 4. The van der Waals surface area contributed by atoms with Gasteiger partial charge in [0.25, 0.3) is 5.91 Å². The highest BCUT2D eigenvalue weighted by Gasteiger charge is 2.13. The monoisotopic (exact) mass is 386 g/mol. The van der Waals surface area contributed by atoms with E-state index in [0.29, 0.717) is 4.47 Å². The van der Waals surface area contributed by atoms with Crippen LogP contribution < -0.4 is 10.0 Å². The number of nitrogens with one attached hydrogen (secondary N) is 2. The van der Waals surface area contributed by atoms with Crippen molar-refractivity contribution in [2.45, 2.75) is 4.90 Å². The fourth-order valence-corrected chi connectivity index (χ4v) is 2.75. The van der Waals surface area contributed by atoms with Gasteiger partial charge in [-0.1, -0.05) is 15.9 Å². The average molecular weight is 387 g/mol.